The molecule has 0 radical (unpaired) electrons. The number of nitrogens with zero attached hydrogens (tertiary/aromatic N) is 4. The van der Waals surface area contributed by atoms with Gasteiger partial charge >= 0.3 is 0 Å². The van der Waals surface area contributed by atoms with Gasteiger partial charge in [0.15, 0.2) is 0 Å². The average molecular weight is 313 g/mol. The molecule has 7 nitrogen and oxygen atoms in total. The highest BCUT2D eigenvalue weighted by Gasteiger charge is 2.28. The van der Waals surface area contributed by atoms with Crippen LogP contribution in [0.15, 0.2) is 12.3 Å². The smallest absolute Gasteiger partial charge is 0.227 e. The topological polar surface area (TPSA) is 81.9 Å². The van der Waals surface area contributed by atoms with Gasteiger partial charge in [-0.3, -0.25) is 14.5 Å². The normalized spacial score (nSPS) is 19.8. The molecule has 1 unspecified atom stereocenters. The second kappa shape index (κ2) is 5.73. The van der Waals surface area contributed by atoms with Crippen LogP contribution >= 0.6 is 0 Å². The van der Waals surface area contributed by atoms with Crippen LogP contribution in [0.5, 0.6) is 0 Å². The molecule has 1 amide bonds. The van der Waals surface area contributed by atoms with E-state index >= 15 is 0 Å². The van der Waals surface area contributed by atoms with E-state index in [1.165, 1.54) is 0 Å². The number of fused-ring (bicyclic) bond motifs is 2. The summed E-state index contributed by atoms with van der Waals surface area (Å²) in [5, 5.41) is 11.2. The van der Waals surface area contributed by atoms with Gasteiger partial charge in [-0.25, -0.2) is 0 Å². The quantitative estimate of drug-likeness (QED) is 0.895. The predicted molar refractivity (Wildman–Crippen MR) is 82.7 cm³/mol. The van der Waals surface area contributed by atoms with Gasteiger partial charge < -0.3 is 10.1 Å². The lowest BCUT2D eigenvalue weighted by molar-refractivity contribution is -0.120. The molecule has 0 fully saturated rings. The largest absolute Gasteiger partial charge is 0.376 e. The number of aryl methyl sites for hydroxylation is 2. The van der Waals surface area contributed by atoms with E-state index in [1.54, 1.807) is 10.9 Å². The Morgan fingerprint density at radius 3 is 3.22 bits per heavy atom. The Hall–Kier alpha value is -2.28. The zero-order valence-corrected chi connectivity index (χ0v) is 13.1. The molecule has 0 bridgehead atoms. The lowest BCUT2D eigenvalue weighted by Gasteiger charge is -2.21. The first-order valence-electron chi connectivity index (χ1n) is 7.94. The molecule has 2 aromatic rings. The molecule has 1 atom stereocenters. The van der Waals surface area contributed by atoms with Crippen LogP contribution in [0, 0.1) is 5.92 Å². The van der Waals surface area contributed by atoms with E-state index in [9.17, 15) is 4.79 Å². The van der Waals surface area contributed by atoms with Crippen LogP contribution < -0.4 is 5.32 Å². The second-order valence-electron chi connectivity index (χ2n) is 6.17. The lowest BCUT2D eigenvalue weighted by Crippen LogP contribution is -2.29. The van der Waals surface area contributed by atoms with Crippen LogP contribution in [0.3, 0.4) is 0 Å². The average Bonchev–Trinajstić information content (AvgIpc) is 2.95. The van der Waals surface area contributed by atoms with Gasteiger partial charge in [0, 0.05) is 37.1 Å². The summed E-state index contributed by atoms with van der Waals surface area (Å²) in [6.07, 6.45) is 4.87. The van der Waals surface area contributed by atoms with Crippen LogP contribution in [0.1, 0.15) is 29.1 Å². The fourth-order valence-corrected chi connectivity index (χ4v) is 3.29. The molecule has 1 aliphatic heterocycles. The first kappa shape index (κ1) is 14.3. The number of carbonyl (C=O) groups is 1. The van der Waals surface area contributed by atoms with E-state index in [2.05, 4.69) is 20.6 Å². The molecule has 0 saturated heterocycles. The number of ether oxygens (including phenoxy) is 1. The molecular weight excluding hydrogens is 294 g/mol. The Balaban J connectivity index is 1.47. The van der Waals surface area contributed by atoms with Gasteiger partial charge in [-0.05, 0) is 18.9 Å². The van der Waals surface area contributed by atoms with Crippen LogP contribution in [-0.2, 0) is 42.4 Å². The fraction of sp³-hybridized carbons (Fsp3) is 0.500. The highest BCUT2D eigenvalue weighted by atomic mass is 16.5. The van der Waals surface area contributed by atoms with Gasteiger partial charge in [-0.1, -0.05) is 5.21 Å². The Morgan fingerprint density at radius 1 is 1.39 bits per heavy atom. The molecule has 1 aliphatic carbocycles. The maximum absolute atomic E-state index is 12.6. The Morgan fingerprint density at radius 2 is 2.30 bits per heavy atom. The minimum Gasteiger partial charge on any atom is -0.376 e. The van der Waals surface area contributed by atoms with Crippen molar-refractivity contribution in [3.63, 3.8) is 0 Å². The Bertz CT molecular complexity index is 755. The number of nitrogens with one attached hydrogen (secondary N) is 1. The molecule has 120 valence electrons. The molecule has 7 heteroatoms. The van der Waals surface area contributed by atoms with E-state index in [0.29, 0.717) is 13.0 Å². The van der Waals surface area contributed by atoms with Crippen LogP contribution in [0.25, 0.3) is 0 Å². The van der Waals surface area contributed by atoms with Gasteiger partial charge in [0.25, 0.3) is 0 Å². The number of hydrogen-bond acceptors (Lipinski definition) is 5. The maximum atomic E-state index is 12.6. The highest BCUT2D eigenvalue weighted by Crippen LogP contribution is 2.25. The summed E-state index contributed by atoms with van der Waals surface area (Å²) in [5.74, 6) is -0.0117. The number of amides is 1. The lowest BCUT2D eigenvalue weighted by atomic mass is 9.89. The molecule has 2 aromatic heterocycles. The van der Waals surface area contributed by atoms with Gasteiger partial charge in [-0.15, -0.1) is 5.10 Å². The first-order valence-corrected chi connectivity index (χ1v) is 7.94. The number of carbonyl (C=O) groups excluding carboxylic acids is 1. The van der Waals surface area contributed by atoms with Gasteiger partial charge in [-0.2, -0.15) is 0 Å². The van der Waals surface area contributed by atoms with Gasteiger partial charge in [0.1, 0.15) is 0 Å². The summed E-state index contributed by atoms with van der Waals surface area (Å²) in [6.45, 7) is 1.29. The molecule has 1 N–H and O–H groups in total. The van der Waals surface area contributed by atoms with Crippen molar-refractivity contribution >= 4 is 11.6 Å². The Labute approximate surface area is 134 Å². The minimum absolute atomic E-state index is 0.0373. The first-order chi connectivity index (χ1) is 11.2. The summed E-state index contributed by atoms with van der Waals surface area (Å²) in [5.41, 5.74) is 4.96. The van der Waals surface area contributed by atoms with Crippen LogP contribution in [-0.4, -0.2) is 32.5 Å². The van der Waals surface area contributed by atoms with Gasteiger partial charge in [0.05, 0.1) is 36.5 Å². The molecule has 4 rings (SSSR count). The third kappa shape index (κ3) is 2.72. The van der Waals surface area contributed by atoms with Crippen LogP contribution in [0.4, 0.5) is 5.69 Å². The number of hydrogen-bond donors (Lipinski definition) is 1. The summed E-state index contributed by atoms with van der Waals surface area (Å²) in [4.78, 5) is 17.0. The minimum atomic E-state index is -0.0491. The van der Waals surface area contributed by atoms with Crippen molar-refractivity contribution < 1.29 is 9.53 Å². The predicted octanol–water partition coefficient (Wildman–Crippen LogP) is 1.03. The SMILES string of the molecule is Cn1nnc2c1CC(C(=O)Nc1cnc3c(c1)COCC3)CC2. The molecule has 23 heavy (non-hydrogen) atoms. The molecule has 2 aliphatic rings. The van der Waals surface area contributed by atoms with Crippen molar-refractivity contribution in [2.24, 2.45) is 13.0 Å². The number of anilines is 1. The third-order valence-corrected chi connectivity index (χ3v) is 4.63. The summed E-state index contributed by atoms with van der Waals surface area (Å²) in [6, 6.07) is 1.97. The Kier molecular flexibility index (Phi) is 3.57. The number of pyridine rings is 1. The van der Waals surface area contributed by atoms with Crippen molar-refractivity contribution in [2.75, 3.05) is 11.9 Å². The summed E-state index contributed by atoms with van der Waals surface area (Å²) in [7, 11) is 1.87. The molecule has 0 saturated carbocycles. The monoisotopic (exact) mass is 313 g/mol. The molecule has 3 heterocycles. The van der Waals surface area contributed by atoms with E-state index in [0.717, 1.165) is 54.2 Å². The molecular formula is C16H19N5O2. The van der Waals surface area contributed by atoms with Crippen molar-refractivity contribution in [2.45, 2.75) is 32.3 Å². The van der Waals surface area contributed by atoms with Crippen molar-refractivity contribution in [3.8, 4) is 0 Å². The second-order valence-corrected chi connectivity index (χ2v) is 6.17. The van der Waals surface area contributed by atoms with Crippen molar-refractivity contribution in [1.82, 2.24) is 20.0 Å². The fourth-order valence-electron chi connectivity index (χ4n) is 3.29. The third-order valence-electron chi connectivity index (χ3n) is 4.63. The zero-order valence-electron chi connectivity index (χ0n) is 13.1. The molecule has 0 aromatic carbocycles. The van der Waals surface area contributed by atoms with E-state index in [1.807, 2.05) is 13.1 Å². The molecule has 0 spiro atoms. The van der Waals surface area contributed by atoms with Crippen molar-refractivity contribution in [1.29, 1.82) is 0 Å². The van der Waals surface area contributed by atoms with Gasteiger partial charge in [0.2, 0.25) is 5.91 Å². The van der Waals surface area contributed by atoms with E-state index in [4.69, 9.17) is 4.74 Å². The summed E-state index contributed by atoms with van der Waals surface area (Å²) < 4.78 is 7.22. The highest BCUT2D eigenvalue weighted by molar-refractivity contribution is 5.92. The van der Waals surface area contributed by atoms with Crippen molar-refractivity contribution in [3.05, 3.63) is 34.9 Å². The van der Waals surface area contributed by atoms with E-state index in [-0.39, 0.29) is 11.8 Å². The maximum Gasteiger partial charge on any atom is 0.227 e. The number of aromatic nitrogens is 4. The van der Waals surface area contributed by atoms with E-state index < -0.39 is 0 Å². The van der Waals surface area contributed by atoms with Crippen LogP contribution in [0.2, 0.25) is 0 Å². The standard InChI is InChI=1S/C16H19N5O2/c1-21-15-7-10(2-3-14(15)19-20-21)16(22)18-12-6-11-9-23-5-4-13(11)17-8-12/h6,8,10H,2-5,7,9H2,1H3,(H,18,22). The number of rotatable bonds is 2. The summed E-state index contributed by atoms with van der Waals surface area (Å²) >= 11 is 0. The zero-order chi connectivity index (χ0) is 15.8.